The molecule has 1 aliphatic carbocycles. The molecule has 1 saturated heterocycles. The van der Waals surface area contributed by atoms with Crippen molar-refractivity contribution in [2.24, 2.45) is 5.73 Å². The van der Waals surface area contributed by atoms with Crippen LogP contribution in [0.2, 0.25) is 5.02 Å². The summed E-state index contributed by atoms with van der Waals surface area (Å²) in [5.74, 6) is 0.535. The van der Waals surface area contributed by atoms with E-state index in [2.05, 4.69) is 20.2 Å². The van der Waals surface area contributed by atoms with Gasteiger partial charge in [0.1, 0.15) is 0 Å². The molecule has 8 heteroatoms. The zero-order valence-corrected chi connectivity index (χ0v) is 18.9. The number of hydrogen-bond acceptors (Lipinski definition) is 5. The molecule has 0 bridgehead atoms. The number of nitrogens with one attached hydrogen (secondary N) is 1. The second-order valence-corrected chi connectivity index (χ2v) is 9.48. The molecule has 32 heavy (non-hydrogen) atoms. The van der Waals surface area contributed by atoms with E-state index in [-0.39, 0.29) is 17.5 Å². The summed E-state index contributed by atoms with van der Waals surface area (Å²) in [7, 11) is 0. The van der Waals surface area contributed by atoms with Crippen molar-refractivity contribution >= 4 is 28.4 Å². The number of likely N-dealkylation sites (tertiary alicyclic amines) is 1. The van der Waals surface area contributed by atoms with Crippen LogP contribution < -0.4 is 11.1 Å². The molecular formula is C24H29ClN6O. The van der Waals surface area contributed by atoms with Crippen LogP contribution in [-0.2, 0) is 0 Å². The first kappa shape index (κ1) is 21.4. The molecule has 3 N–H and O–H groups in total. The number of rotatable bonds is 5. The zero-order chi connectivity index (χ0) is 22.1. The van der Waals surface area contributed by atoms with Crippen molar-refractivity contribution in [3.05, 3.63) is 53.6 Å². The molecule has 1 atom stereocenters. The Labute approximate surface area is 193 Å². The molecule has 0 unspecified atom stereocenters. The fourth-order valence-corrected chi connectivity index (χ4v) is 5.66. The van der Waals surface area contributed by atoms with Crippen LogP contribution in [0.3, 0.4) is 0 Å². The summed E-state index contributed by atoms with van der Waals surface area (Å²) in [6, 6.07) is 5.87. The summed E-state index contributed by atoms with van der Waals surface area (Å²) in [6.07, 6.45) is 13.6. The van der Waals surface area contributed by atoms with Crippen molar-refractivity contribution in [3.8, 4) is 5.82 Å². The van der Waals surface area contributed by atoms with Gasteiger partial charge in [-0.1, -0.05) is 36.9 Å². The Kier molecular flexibility index (Phi) is 5.88. The van der Waals surface area contributed by atoms with Crippen molar-refractivity contribution in [2.75, 3.05) is 19.6 Å². The van der Waals surface area contributed by atoms with E-state index in [1.165, 1.54) is 19.3 Å². The molecule has 2 aromatic heterocycles. The smallest absolute Gasteiger partial charge is 0.253 e. The fraction of sp³-hybridized carbons (Fsp3) is 0.458. The predicted octanol–water partition coefficient (Wildman–Crippen LogP) is 3.54. The second-order valence-electron chi connectivity index (χ2n) is 9.07. The summed E-state index contributed by atoms with van der Waals surface area (Å²) in [4.78, 5) is 24.5. The highest BCUT2D eigenvalue weighted by Crippen LogP contribution is 2.36. The van der Waals surface area contributed by atoms with Crippen LogP contribution in [0.1, 0.15) is 48.9 Å². The van der Waals surface area contributed by atoms with Crippen LogP contribution in [0, 0.1) is 0 Å². The van der Waals surface area contributed by atoms with Crippen LogP contribution in [-0.4, -0.2) is 56.6 Å². The number of halogens is 1. The molecule has 0 spiro atoms. The highest BCUT2D eigenvalue weighted by Gasteiger charge is 2.41. The highest BCUT2D eigenvalue weighted by atomic mass is 35.5. The quantitative estimate of drug-likeness (QED) is 0.618. The number of hydrogen-bond donors (Lipinski definition) is 2. The number of nitrogens with zero attached hydrogens (tertiary/aromatic N) is 4. The van der Waals surface area contributed by atoms with Gasteiger partial charge in [0.15, 0.2) is 5.82 Å². The molecule has 5 rings (SSSR count). The van der Waals surface area contributed by atoms with Crippen molar-refractivity contribution < 1.29 is 4.79 Å². The Morgan fingerprint density at radius 3 is 2.81 bits per heavy atom. The summed E-state index contributed by atoms with van der Waals surface area (Å²) in [6.45, 7) is 2.54. The van der Waals surface area contributed by atoms with E-state index in [9.17, 15) is 4.79 Å². The van der Waals surface area contributed by atoms with E-state index in [1.54, 1.807) is 18.6 Å². The van der Waals surface area contributed by atoms with E-state index in [0.717, 1.165) is 43.3 Å². The Morgan fingerprint density at radius 2 is 2.09 bits per heavy atom. The minimum Gasteiger partial charge on any atom is -0.350 e. The van der Waals surface area contributed by atoms with E-state index in [1.807, 2.05) is 29.0 Å². The molecule has 2 fully saturated rings. The van der Waals surface area contributed by atoms with Gasteiger partial charge in [0.25, 0.3) is 5.91 Å². The van der Waals surface area contributed by atoms with Gasteiger partial charge in [-0.25, -0.2) is 4.98 Å². The van der Waals surface area contributed by atoms with Gasteiger partial charge in [-0.15, -0.1) is 0 Å². The first-order chi connectivity index (χ1) is 15.6. The third-order valence-electron chi connectivity index (χ3n) is 7.08. The standard InChI is InChI=1S/C24H29ClN6O/c25-19-5-4-6-20-22(19)18(15-31(20)21-13-27-10-11-28-21)23(32)29-16-24(8-2-1-3-9-24)30-12-7-17(26)14-30/h4-6,10-11,13,15,17H,1-3,7-9,12,14,16,26H2,(H,29,32)/t17-/m1/s1. The third-order valence-corrected chi connectivity index (χ3v) is 7.39. The van der Waals surface area contributed by atoms with Gasteiger partial charge in [0.05, 0.1) is 22.3 Å². The lowest BCUT2D eigenvalue weighted by atomic mass is 9.80. The van der Waals surface area contributed by atoms with Gasteiger partial charge in [-0.05, 0) is 31.4 Å². The Balaban J connectivity index is 1.45. The minimum absolute atomic E-state index is 0.00486. The Morgan fingerprint density at radius 1 is 1.25 bits per heavy atom. The van der Waals surface area contributed by atoms with Crippen LogP contribution in [0.4, 0.5) is 0 Å². The van der Waals surface area contributed by atoms with Gasteiger partial charge < -0.3 is 11.1 Å². The van der Waals surface area contributed by atoms with Crippen LogP contribution in [0.25, 0.3) is 16.7 Å². The molecule has 3 heterocycles. The van der Waals surface area contributed by atoms with E-state index in [4.69, 9.17) is 17.3 Å². The monoisotopic (exact) mass is 452 g/mol. The largest absolute Gasteiger partial charge is 0.350 e. The summed E-state index contributed by atoms with van der Waals surface area (Å²) < 4.78 is 1.87. The lowest BCUT2D eigenvalue weighted by Crippen LogP contribution is -2.56. The van der Waals surface area contributed by atoms with Gasteiger partial charge in [0, 0.05) is 55.2 Å². The van der Waals surface area contributed by atoms with Gasteiger partial charge in [0.2, 0.25) is 0 Å². The van der Waals surface area contributed by atoms with Crippen molar-refractivity contribution in [3.63, 3.8) is 0 Å². The first-order valence-electron chi connectivity index (χ1n) is 11.4. The molecule has 7 nitrogen and oxygen atoms in total. The number of carbonyl (C=O) groups excluding carboxylic acids is 1. The predicted molar refractivity (Wildman–Crippen MR) is 126 cm³/mol. The van der Waals surface area contributed by atoms with Crippen molar-refractivity contribution in [1.82, 2.24) is 24.8 Å². The maximum absolute atomic E-state index is 13.5. The van der Waals surface area contributed by atoms with E-state index < -0.39 is 0 Å². The van der Waals surface area contributed by atoms with Gasteiger partial charge in [-0.2, -0.15) is 0 Å². The SMILES string of the molecule is N[C@@H]1CCN(C2(CNC(=O)c3cn(-c4cnccn4)c4cccc(Cl)c34)CCCCC2)C1. The first-order valence-corrected chi connectivity index (χ1v) is 11.8. The van der Waals surface area contributed by atoms with Crippen LogP contribution >= 0.6 is 11.6 Å². The van der Waals surface area contributed by atoms with E-state index in [0.29, 0.717) is 22.9 Å². The number of nitrogens with two attached hydrogens (primary N) is 1. The maximum Gasteiger partial charge on any atom is 0.253 e. The molecule has 168 valence electrons. The molecule has 1 saturated carbocycles. The highest BCUT2D eigenvalue weighted by molar-refractivity contribution is 6.37. The number of aromatic nitrogens is 3. The van der Waals surface area contributed by atoms with Crippen LogP contribution in [0.15, 0.2) is 43.0 Å². The molecule has 0 radical (unpaired) electrons. The number of fused-ring (bicyclic) bond motifs is 1. The molecule has 1 aromatic carbocycles. The molecule has 1 amide bonds. The summed E-state index contributed by atoms with van der Waals surface area (Å²) in [5, 5.41) is 4.54. The number of carbonyl (C=O) groups is 1. The Hall–Kier alpha value is -2.48. The van der Waals surface area contributed by atoms with Crippen LogP contribution in [0.5, 0.6) is 0 Å². The van der Waals surface area contributed by atoms with Gasteiger partial charge >= 0.3 is 0 Å². The average Bonchev–Trinajstić information content (AvgIpc) is 3.44. The van der Waals surface area contributed by atoms with Crippen molar-refractivity contribution in [1.29, 1.82) is 0 Å². The maximum atomic E-state index is 13.5. The second kappa shape index (κ2) is 8.81. The molecule has 3 aromatic rings. The van der Waals surface area contributed by atoms with E-state index >= 15 is 0 Å². The van der Waals surface area contributed by atoms with Gasteiger partial charge in [-0.3, -0.25) is 19.2 Å². The minimum atomic E-state index is -0.112. The lowest BCUT2D eigenvalue weighted by Gasteiger charge is -2.45. The average molecular weight is 453 g/mol. The summed E-state index contributed by atoms with van der Waals surface area (Å²) >= 11 is 6.55. The topological polar surface area (TPSA) is 89.1 Å². The Bertz CT molecular complexity index is 1110. The zero-order valence-electron chi connectivity index (χ0n) is 18.1. The third kappa shape index (κ3) is 3.89. The number of benzene rings is 1. The lowest BCUT2D eigenvalue weighted by molar-refractivity contribution is 0.0645. The summed E-state index contributed by atoms with van der Waals surface area (Å²) in [5.41, 5.74) is 7.60. The molecular weight excluding hydrogens is 424 g/mol. The normalized spacial score (nSPS) is 21.1. The van der Waals surface area contributed by atoms with Crippen molar-refractivity contribution in [2.45, 2.75) is 50.1 Å². The molecule has 2 aliphatic rings. The fourth-order valence-electron chi connectivity index (χ4n) is 5.39. The molecule has 1 aliphatic heterocycles. The number of amides is 1.